The number of esters is 1. The summed E-state index contributed by atoms with van der Waals surface area (Å²) in [6, 6.07) is 18.2. The first kappa shape index (κ1) is 16.5. The van der Waals surface area contributed by atoms with Crippen molar-refractivity contribution in [3.05, 3.63) is 65.7 Å². The van der Waals surface area contributed by atoms with Gasteiger partial charge in [0.15, 0.2) is 5.60 Å². The molecule has 0 N–H and O–H groups in total. The van der Waals surface area contributed by atoms with Gasteiger partial charge in [-0.1, -0.05) is 48.0 Å². The number of hydrogen-bond acceptors (Lipinski definition) is 4. The second kappa shape index (κ2) is 6.65. The molecule has 0 unspecified atom stereocenters. The molecule has 4 nitrogen and oxygen atoms in total. The van der Waals surface area contributed by atoms with Gasteiger partial charge in [0.05, 0.1) is 18.3 Å². The Balaban J connectivity index is 1.96. The summed E-state index contributed by atoms with van der Waals surface area (Å²) in [6.45, 7) is 6.00. The second-order valence-electron chi connectivity index (χ2n) is 6.33. The van der Waals surface area contributed by atoms with Crippen LogP contribution in [0.25, 0.3) is 0 Å². The van der Waals surface area contributed by atoms with Gasteiger partial charge in [-0.05, 0) is 38.5 Å². The van der Waals surface area contributed by atoms with Gasteiger partial charge in [-0.2, -0.15) is 0 Å². The number of carbonyl (C=O) groups is 1. The van der Waals surface area contributed by atoms with E-state index >= 15 is 0 Å². The number of benzene rings is 2. The number of hydroxylamine groups is 1. The maximum absolute atomic E-state index is 12.4. The lowest BCUT2D eigenvalue weighted by molar-refractivity contribution is -0.165. The molecule has 1 heterocycles. The van der Waals surface area contributed by atoms with Crippen LogP contribution < -0.4 is 5.06 Å². The minimum absolute atomic E-state index is 0.0386. The molecule has 1 aliphatic heterocycles. The zero-order chi connectivity index (χ0) is 17.2. The zero-order valence-electron chi connectivity index (χ0n) is 14.4. The molecule has 2 aromatic rings. The minimum Gasteiger partial charge on any atom is -0.464 e. The van der Waals surface area contributed by atoms with Crippen LogP contribution in [0.2, 0.25) is 0 Å². The van der Waals surface area contributed by atoms with Crippen LogP contribution in [0.4, 0.5) is 5.69 Å². The van der Waals surface area contributed by atoms with Gasteiger partial charge in [-0.25, -0.2) is 9.86 Å². The van der Waals surface area contributed by atoms with Crippen LogP contribution in [-0.2, 0) is 14.4 Å². The summed E-state index contributed by atoms with van der Waals surface area (Å²) in [5.41, 5.74) is 2.25. The SMILES string of the molecule is CCOC(=O)[C@@]1(C)C[C@H](c2ccccc2)N(c2ccc(C)cc2)O1. The van der Waals surface area contributed by atoms with Crippen LogP contribution in [0.1, 0.15) is 37.4 Å². The van der Waals surface area contributed by atoms with Crippen molar-refractivity contribution < 1.29 is 14.4 Å². The van der Waals surface area contributed by atoms with E-state index < -0.39 is 5.60 Å². The van der Waals surface area contributed by atoms with Crippen molar-refractivity contribution in [3.8, 4) is 0 Å². The van der Waals surface area contributed by atoms with Gasteiger partial charge in [0.25, 0.3) is 0 Å². The Labute approximate surface area is 143 Å². The van der Waals surface area contributed by atoms with Gasteiger partial charge in [0.1, 0.15) is 0 Å². The average Bonchev–Trinajstić information content (AvgIpc) is 2.96. The van der Waals surface area contributed by atoms with Gasteiger partial charge in [-0.3, -0.25) is 4.84 Å². The van der Waals surface area contributed by atoms with E-state index in [4.69, 9.17) is 9.57 Å². The Hall–Kier alpha value is -2.33. The highest BCUT2D eigenvalue weighted by atomic mass is 16.7. The molecule has 126 valence electrons. The fourth-order valence-electron chi connectivity index (χ4n) is 3.03. The van der Waals surface area contributed by atoms with E-state index in [0.717, 1.165) is 11.3 Å². The van der Waals surface area contributed by atoms with Crippen LogP contribution in [0.5, 0.6) is 0 Å². The normalized spacial score (nSPS) is 23.3. The molecule has 0 amide bonds. The number of carbonyl (C=O) groups excluding carboxylic acids is 1. The van der Waals surface area contributed by atoms with Crippen molar-refractivity contribution in [2.75, 3.05) is 11.7 Å². The Morgan fingerprint density at radius 3 is 2.50 bits per heavy atom. The van der Waals surface area contributed by atoms with Gasteiger partial charge < -0.3 is 4.74 Å². The summed E-state index contributed by atoms with van der Waals surface area (Å²) in [7, 11) is 0. The first-order valence-corrected chi connectivity index (χ1v) is 8.31. The second-order valence-corrected chi connectivity index (χ2v) is 6.33. The van der Waals surface area contributed by atoms with E-state index in [9.17, 15) is 4.79 Å². The van der Waals surface area contributed by atoms with E-state index in [1.165, 1.54) is 5.56 Å². The third kappa shape index (κ3) is 3.15. The fourth-order valence-corrected chi connectivity index (χ4v) is 3.03. The Kier molecular flexibility index (Phi) is 4.58. The molecule has 1 fully saturated rings. The molecule has 1 saturated heterocycles. The van der Waals surface area contributed by atoms with Gasteiger partial charge >= 0.3 is 5.97 Å². The van der Waals surface area contributed by atoms with Crippen LogP contribution in [0.3, 0.4) is 0 Å². The summed E-state index contributed by atoms with van der Waals surface area (Å²) >= 11 is 0. The smallest absolute Gasteiger partial charge is 0.340 e. The monoisotopic (exact) mass is 325 g/mol. The largest absolute Gasteiger partial charge is 0.464 e. The van der Waals surface area contributed by atoms with E-state index in [-0.39, 0.29) is 12.0 Å². The predicted molar refractivity (Wildman–Crippen MR) is 93.6 cm³/mol. The van der Waals surface area contributed by atoms with Crippen molar-refractivity contribution in [1.29, 1.82) is 0 Å². The van der Waals surface area contributed by atoms with E-state index in [0.29, 0.717) is 13.0 Å². The molecule has 2 atom stereocenters. The third-order valence-electron chi connectivity index (χ3n) is 4.35. The highest BCUT2D eigenvalue weighted by Gasteiger charge is 2.49. The van der Waals surface area contributed by atoms with Crippen LogP contribution >= 0.6 is 0 Å². The first-order chi connectivity index (χ1) is 11.5. The van der Waals surface area contributed by atoms with Crippen LogP contribution in [-0.4, -0.2) is 18.2 Å². The summed E-state index contributed by atoms with van der Waals surface area (Å²) < 4.78 is 5.23. The van der Waals surface area contributed by atoms with Gasteiger partial charge in [0.2, 0.25) is 0 Å². The summed E-state index contributed by atoms with van der Waals surface area (Å²) in [6.07, 6.45) is 0.545. The fraction of sp³-hybridized carbons (Fsp3) is 0.350. The zero-order valence-corrected chi connectivity index (χ0v) is 14.4. The number of aryl methyl sites for hydroxylation is 1. The van der Waals surface area contributed by atoms with Crippen LogP contribution in [0, 0.1) is 6.92 Å². The molecule has 0 radical (unpaired) electrons. The van der Waals surface area contributed by atoms with E-state index in [1.54, 1.807) is 6.92 Å². The van der Waals surface area contributed by atoms with Crippen LogP contribution in [0.15, 0.2) is 54.6 Å². The maximum atomic E-state index is 12.4. The van der Waals surface area contributed by atoms with Gasteiger partial charge in [-0.15, -0.1) is 0 Å². The molecule has 4 heteroatoms. The number of nitrogens with zero attached hydrogens (tertiary/aromatic N) is 1. The van der Waals surface area contributed by atoms with E-state index in [2.05, 4.69) is 12.1 Å². The lowest BCUT2D eigenvalue weighted by atomic mass is 9.94. The van der Waals surface area contributed by atoms with E-state index in [1.807, 2.05) is 61.4 Å². The highest BCUT2D eigenvalue weighted by molar-refractivity contribution is 5.80. The molecule has 0 spiro atoms. The molecule has 0 aromatic heterocycles. The number of anilines is 1. The summed E-state index contributed by atoms with van der Waals surface area (Å²) in [5, 5.41) is 1.84. The quantitative estimate of drug-likeness (QED) is 0.790. The molecule has 1 aliphatic rings. The third-order valence-corrected chi connectivity index (χ3v) is 4.35. The maximum Gasteiger partial charge on any atom is 0.340 e. The first-order valence-electron chi connectivity index (χ1n) is 8.31. The lowest BCUT2D eigenvalue weighted by Gasteiger charge is -2.26. The molecule has 0 saturated carbocycles. The summed E-state index contributed by atoms with van der Waals surface area (Å²) in [5.74, 6) is -0.319. The Morgan fingerprint density at radius 2 is 1.88 bits per heavy atom. The average molecular weight is 325 g/mol. The van der Waals surface area contributed by atoms with Crippen molar-refractivity contribution >= 4 is 11.7 Å². The molecular weight excluding hydrogens is 302 g/mol. The predicted octanol–water partition coefficient (Wildman–Crippen LogP) is 4.20. The minimum atomic E-state index is -0.985. The molecule has 3 rings (SSSR count). The molecular formula is C20H23NO3. The Bertz CT molecular complexity index is 699. The highest BCUT2D eigenvalue weighted by Crippen LogP contribution is 2.43. The lowest BCUT2D eigenvalue weighted by Crippen LogP contribution is -2.38. The molecule has 24 heavy (non-hydrogen) atoms. The van der Waals surface area contributed by atoms with Gasteiger partial charge in [0, 0.05) is 6.42 Å². The van der Waals surface area contributed by atoms with Crippen molar-refractivity contribution in [1.82, 2.24) is 0 Å². The summed E-state index contributed by atoms with van der Waals surface area (Å²) in [4.78, 5) is 18.5. The Morgan fingerprint density at radius 1 is 1.21 bits per heavy atom. The standard InChI is InChI=1S/C20H23NO3/c1-4-23-19(22)20(3)14-18(16-8-6-5-7-9-16)21(24-20)17-12-10-15(2)11-13-17/h5-13,18H,4,14H2,1-3H3/t18-,20-/m1/s1. The van der Waals surface area contributed by atoms with Crippen molar-refractivity contribution in [2.24, 2.45) is 0 Å². The molecule has 0 aliphatic carbocycles. The van der Waals surface area contributed by atoms with Crippen molar-refractivity contribution in [3.63, 3.8) is 0 Å². The number of rotatable bonds is 4. The number of ether oxygens (including phenoxy) is 1. The molecule has 0 bridgehead atoms. The number of hydrogen-bond donors (Lipinski definition) is 0. The molecule has 2 aromatic carbocycles. The topological polar surface area (TPSA) is 38.8 Å². The van der Waals surface area contributed by atoms with Crippen molar-refractivity contribution in [2.45, 2.75) is 38.8 Å².